The summed E-state index contributed by atoms with van der Waals surface area (Å²) in [6, 6.07) is 19.3. The topological polar surface area (TPSA) is 74.2 Å². The van der Waals surface area contributed by atoms with Crippen molar-refractivity contribution < 1.29 is 28.8 Å². The van der Waals surface area contributed by atoms with Crippen LogP contribution in [0.5, 0.6) is 0 Å². The second-order valence-corrected chi connectivity index (χ2v) is 7.35. The van der Waals surface area contributed by atoms with Gasteiger partial charge in [-0.05, 0) is 11.1 Å². The fourth-order valence-corrected chi connectivity index (χ4v) is 3.67. The maximum atomic E-state index is 11.7. The van der Waals surface area contributed by atoms with Crippen LogP contribution in [0.4, 0.5) is 0 Å². The Kier molecular flexibility index (Phi) is 8.09. The van der Waals surface area contributed by atoms with Crippen molar-refractivity contribution in [3.8, 4) is 0 Å². The summed E-state index contributed by atoms with van der Waals surface area (Å²) in [7, 11) is 0. The molecule has 2 aromatic carbocycles. The first kappa shape index (κ1) is 21.8. The molecule has 1 aliphatic rings. The molecule has 2 aromatic rings. The molecule has 1 fully saturated rings. The zero-order chi connectivity index (χ0) is 20.6. The molecule has 0 spiro atoms. The molecule has 0 aliphatic carbocycles. The summed E-state index contributed by atoms with van der Waals surface area (Å²) >= 11 is 4.42. The lowest BCUT2D eigenvalue weighted by Crippen LogP contribution is -2.60. The standard InChI is InChI=1S/C22H26O6S/c1-15(24)27-21-20(26-14-17-10-6-3-7-11-17)19(18(12-23)28-22(21)29)25-13-16-8-4-2-5-9-16/h2-11,18-23,29H,12-14H2,1H3/t18-,19-,20+,21-,22-/m1/s1. The number of esters is 1. The van der Waals surface area contributed by atoms with E-state index in [1.165, 1.54) is 6.92 Å². The van der Waals surface area contributed by atoms with Gasteiger partial charge in [0.15, 0.2) is 6.10 Å². The van der Waals surface area contributed by atoms with E-state index >= 15 is 0 Å². The van der Waals surface area contributed by atoms with Crippen molar-refractivity contribution in [1.82, 2.24) is 0 Å². The van der Waals surface area contributed by atoms with Gasteiger partial charge in [-0.2, -0.15) is 0 Å². The Morgan fingerprint density at radius 3 is 1.93 bits per heavy atom. The van der Waals surface area contributed by atoms with Gasteiger partial charge in [-0.25, -0.2) is 0 Å². The van der Waals surface area contributed by atoms with Gasteiger partial charge in [0, 0.05) is 6.92 Å². The van der Waals surface area contributed by atoms with Crippen LogP contribution in [0.25, 0.3) is 0 Å². The Morgan fingerprint density at radius 1 is 0.931 bits per heavy atom. The van der Waals surface area contributed by atoms with Gasteiger partial charge < -0.3 is 24.1 Å². The Hall–Kier alpha value is -1.90. The van der Waals surface area contributed by atoms with Crippen LogP contribution in [0, 0.1) is 0 Å². The van der Waals surface area contributed by atoms with E-state index in [-0.39, 0.29) is 6.61 Å². The van der Waals surface area contributed by atoms with Crippen LogP contribution in [-0.2, 0) is 37.0 Å². The first-order chi connectivity index (χ1) is 14.1. The molecule has 0 bridgehead atoms. The quantitative estimate of drug-likeness (QED) is 0.507. The smallest absolute Gasteiger partial charge is 0.303 e. The highest BCUT2D eigenvalue weighted by atomic mass is 32.1. The maximum Gasteiger partial charge on any atom is 0.303 e. The molecule has 6 nitrogen and oxygen atoms in total. The Labute approximate surface area is 176 Å². The molecule has 0 radical (unpaired) electrons. The second kappa shape index (κ2) is 10.8. The third-order valence-corrected chi connectivity index (χ3v) is 5.08. The van der Waals surface area contributed by atoms with Crippen molar-refractivity contribution in [3.63, 3.8) is 0 Å². The van der Waals surface area contributed by atoms with Crippen molar-refractivity contribution in [3.05, 3.63) is 71.8 Å². The first-order valence-corrected chi connectivity index (χ1v) is 10.0. The SMILES string of the molecule is CC(=O)O[C@@H]1[C@@H](OCc2ccccc2)[C@H](OCc2ccccc2)[C@@H](CO)O[C@@H]1S. The third kappa shape index (κ3) is 6.04. The van der Waals surface area contributed by atoms with E-state index in [9.17, 15) is 9.90 Å². The van der Waals surface area contributed by atoms with Crippen LogP contribution in [0.15, 0.2) is 60.7 Å². The lowest BCUT2D eigenvalue weighted by Gasteiger charge is -2.44. The minimum Gasteiger partial charge on any atom is -0.456 e. The second-order valence-electron chi connectivity index (χ2n) is 6.84. The largest absolute Gasteiger partial charge is 0.456 e. The number of hydrogen-bond acceptors (Lipinski definition) is 7. The third-order valence-electron chi connectivity index (χ3n) is 4.66. The van der Waals surface area contributed by atoms with E-state index in [0.717, 1.165) is 11.1 Å². The molecule has 5 atom stereocenters. The predicted octanol–water partition coefficient (Wildman–Crippen LogP) is 2.74. The predicted molar refractivity (Wildman–Crippen MR) is 110 cm³/mol. The molecule has 0 aromatic heterocycles. The minimum absolute atomic E-state index is 0.269. The molecule has 1 heterocycles. The molecule has 0 unspecified atom stereocenters. The molecule has 1 saturated heterocycles. The molecule has 1 N–H and O–H groups in total. The van der Waals surface area contributed by atoms with Gasteiger partial charge in [0.05, 0.1) is 19.8 Å². The number of thiol groups is 1. The van der Waals surface area contributed by atoms with E-state index < -0.39 is 35.8 Å². The number of aliphatic hydroxyl groups is 1. The molecule has 3 rings (SSSR count). The number of carbonyl (C=O) groups excluding carboxylic acids is 1. The van der Waals surface area contributed by atoms with Crippen LogP contribution >= 0.6 is 12.6 Å². The lowest BCUT2D eigenvalue weighted by molar-refractivity contribution is -0.245. The van der Waals surface area contributed by atoms with E-state index in [1.807, 2.05) is 60.7 Å². The Morgan fingerprint density at radius 2 is 1.45 bits per heavy atom. The number of hydrogen-bond donors (Lipinski definition) is 2. The van der Waals surface area contributed by atoms with Crippen LogP contribution in [0.1, 0.15) is 18.1 Å². The molecule has 156 valence electrons. The highest BCUT2D eigenvalue weighted by molar-refractivity contribution is 7.80. The number of ether oxygens (including phenoxy) is 4. The molecule has 7 heteroatoms. The van der Waals surface area contributed by atoms with Crippen molar-refractivity contribution in [2.75, 3.05) is 6.61 Å². The van der Waals surface area contributed by atoms with Gasteiger partial charge in [0.25, 0.3) is 0 Å². The van der Waals surface area contributed by atoms with E-state index in [0.29, 0.717) is 13.2 Å². The zero-order valence-corrected chi connectivity index (χ0v) is 17.1. The summed E-state index contributed by atoms with van der Waals surface area (Å²) in [5, 5.41) is 9.85. The monoisotopic (exact) mass is 418 g/mol. The van der Waals surface area contributed by atoms with Crippen molar-refractivity contribution in [2.45, 2.75) is 50.0 Å². The van der Waals surface area contributed by atoms with Crippen molar-refractivity contribution in [2.24, 2.45) is 0 Å². The van der Waals surface area contributed by atoms with E-state index in [4.69, 9.17) is 18.9 Å². The van der Waals surface area contributed by atoms with Crippen molar-refractivity contribution in [1.29, 1.82) is 0 Å². The summed E-state index contributed by atoms with van der Waals surface area (Å²) in [4.78, 5) is 11.7. The van der Waals surface area contributed by atoms with Gasteiger partial charge in [-0.15, -0.1) is 12.6 Å². The molecule has 1 aliphatic heterocycles. The highest BCUT2D eigenvalue weighted by Crippen LogP contribution is 2.31. The minimum atomic E-state index is -0.775. The summed E-state index contributed by atoms with van der Waals surface area (Å²) in [5.41, 5.74) is 1.20. The summed E-state index contributed by atoms with van der Waals surface area (Å²) in [5.74, 6) is -0.463. The summed E-state index contributed by atoms with van der Waals surface area (Å²) in [6.07, 6.45) is -2.73. The fourth-order valence-electron chi connectivity index (χ4n) is 3.28. The van der Waals surface area contributed by atoms with Crippen LogP contribution < -0.4 is 0 Å². The average Bonchev–Trinajstić information content (AvgIpc) is 2.74. The Balaban J connectivity index is 1.80. The zero-order valence-electron chi connectivity index (χ0n) is 16.2. The Bertz CT molecular complexity index is 756. The normalized spacial score (nSPS) is 26.8. The van der Waals surface area contributed by atoms with Crippen LogP contribution in [-0.4, -0.2) is 47.5 Å². The molecule has 0 saturated carbocycles. The first-order valence-electron chi connectivity index (χ1n) is 9.51. The average molecular weight is 419 g/mol. The highest BCUT2D eigenvalue weighted by Gasteiger charge is 2.48. The lowest BCUT2D eigenvalue weighted by atomic mass is 9.99. The molecular formula is C22H26O6S. The van der Waals surface area contributed by atoms with Gasteiger partial charge in [0.1, 0.15) is 23.7 Å². The number of carbonyl (C=O) groups is 1. The van der Waals surface area contributed by atoms with Gasteiger partial charge in [-0.1, -0.05) is 60.7 Å². The van der Waals surface area contributed by atoms with Gasteiger partial charge in [0.2, 0.25) is 0 Å². The van der Waals surface area contributed by atoms with Gasteiger partial charge in [-0.3, -0.25) is 4.79 Å². The van der Waals surface area contributed by atoms with E-state index in [2.05, 4.69) is 12.6 Å². The van der Waals surface area contributed by atoms with Crippen LogP contribution in [0.3, 0.4) is 0 Å². The van der Waals surface area contributed by atoms with E-state index in [1.54, 1.807) is 0 Å². The number of benzene rings is 2. The maximum absolute atomic E-state index is 11.7. The van der Waals surface area contributed by atoms with Crippen molar-refractivity contribution >= 4 is 18.6 Å². The van der Waals surface area contributed by atoms with Gasteiger partial charge >= 0.3 is 5.97 Å². The van der Waals surface area contributed by atoms with Crippen LogP contribution in [0.2, 0.25) is 0 Å². The molecule has 29 heavy (non-hydrogen) atoms. The summed E-state index contributed by atoms with van der Waals surface area (Å²) in [6.45, 7) is 1.66. The number of aliphatic hydroxyl groups excluding tert-OH is 1. The fraction of sp³-hybridized carbons (Fsp3) is 0.409. The molecule has 0 amide bonds. The number of rotatable bonds is 8. The summed E-state index contributed by atoms with van der Waals surface area (Å²) < 4.78 is 23.5. The molecular weight excluding hydrogens is 392 g/mol.